The van der Waals surface area contributed by atoms with Crippen LogP contribution in [0.4, 0.5) is 5.69 Å². The molecule has 0 unspecified atom stereocenters. The summed E-state index contributed by atoms with van der Waals surface area (Å²) >= 11 is 2.27. The predicted molar refractivity (Wildman–Crippen MR) is 95.8 cm³/mol. The number of aromatic nitrogens is 4. The van der Waals surface area contributed by atoms with Gasteiger partial charge in [-0.25, -0.2) is 0 Å². The molecule has 1 aromatic heterocycles. The van der Waals surface area contributed by atoms with E-state index in [1.165, 1.54) is 3.57 Å². The van der Waals surface area contributed by atoms with Crippen LogP contribution in [0.3, 0.4) is 0 Å². The van der Waals surface area contributed by atoms with Gasteiger partial charge in [-0.05, 0) is 69.4 Å². The maximum absolute atomic E-state index is 4.07. The van der Waals surface area contributed by atoms with Gasteiger partial charge in [0.15, 0.2) is 5.82 Å². The normalized spacial score (nSPS) is 11.0. The molecule has 2 aromatic carbocycles. The zero-order valence-corrected chi connectivity index (χ0v) is 14.1. The molecule has 3 rings (SSSR count). The third kappa shape index (κ3) is 3.33. The van der Waals surface area contributed by atoms with Gasteiger partial charge in [-0.15, -0.1) is 5.10 Å². The molecule has 5 nitrogen and oxygen atoms in total. The Hall–Kier alpha value is -2.22. The molecule has 0 atom stereocenters. The summed E-state index contributed by atoms with van der Waals surface area (Å²) in [5, 5.41) is 11.9. The molecule has 0 aliphatic carbocycles. The highest BCUT2D eigenvalue weighted by Gasteiger charge is 2.05. The molecule has 0 spiro atoms. The van der Waals surface area contributed by atoms with Crippen molar-refractivity contribution in [2.45, 2.75) is 0 Å². The summed E-state index contributed by atoms with van der Waals surface area (Å²) < 4.78 is 2.89. The largest absolute Gasteiger partial charge is 0.351 e. The number of halogens is 1. The Labute approximate surface area is 142 Å². The van der Waals surface area contributed by atoms with E-state index < -0.39 is 0 Å². The minimum absolute atomic E-state index is 0.684. The molecule has 0 aliphatic rings. The third-order valence-corrected chi connectivity index (χ3v) is 3.89. The summed E-state index contributed by atoms with van der Waals surface area (Å²) in [6.07, 6.45) is 3.84. The molecule has 110 valence electrons. The standard InChI is InChI=1S/C16H14IN5/c1-21(14-5-3-2-4-6-14)12-11-16-18-19-20-22(16)15-9-7-13(17)8-10-15/h2-12H,1H3/b12-11+. The lowest BCUT2D eigenvalue weighted by molar-refractivity contribution is 0.786. The lowest BCUT2D eigenvalue weighted by Gasteiger charge is -2.13. The number of rotatable bonds is 4. The van der Waals surface area contributed by atoms with Gasteiger partial charge in [0.25, 0.3) is 0 Å². The van der Waals surface area contributed by atoms with Gasteiger partial charge in [-0.1, -0.05) is 18.2 Å². The van der Waals surface area contributed by atoms with E-state index in [9.17, 15) is 0 Å². The molecule has 0 aliphatic heterocycles. The summed E-state index contributed by atoms with van der Waals surface area (Å²) in [5.41, 5.74) is 2.04. The maximum atomic E-state index is 4.07. The van der Waals surface area contributed by atoms with Crippen LogP contribution in [0.2, 0.25) is 0 Å². The average molecular weight is 403 g/mol. The van der Waals surface area contributed by atoms with Gasteiger partial charge in [0, 0.05) is 28.6 Å². The van der Waals surface area contributed by atoms with Crippen molar-refractivity contribution >= 4 is 34.4 Å². The smallest absolute Gasteiger partial charge is 0.181 e. The summed E-state index contributed by atoms with van der Waals surface area (Å²) in [5.74, 6) is 0.684. The summed E-state index contributed by atoms with van der Waals surface area (Å²) in [7, 11) is 1.99. The van der Waals surface area contributed by atoms with E-state index in [-0.39, 0.29) is 0 Å². The first-order valence-corrected chi connectivity index (χ1v) is 7.82. The van der Waals surface area contributed by atoms with Gasteiger partial charge in [-0.2, -0.15) is 4.68 Å². The molecule has 0 saturated heterocycles. The minimum Gasteiger partial charge on any atom is -0.351 e. The van der Waals surface area contributed by atoms with E-state index in [1.807, 2.05) is 78.8 Å². The highest BCUT2D eigenvalue weighted by atomic mass is 127. The molecule has 22 heavy (non-hydrogen) atoms. The summed E-state index contributed by atoms with van der Waals surface area (Å²) in [6, 6.07) is 18.2. The van der Waals surface area contributed by atoms with E-state index in [2.05, 4.69) is 38.1 Å². The van der Waals surface area contributed by atoms with E-state index >= 15 is 0 Å². The minimum atomic E-state index is 0.684. The van der Waals surface area contributed by atoms with Crippen molar-refractivity contribution in [1.82, 2.24) is 20.2 Å². The first-order chi connectivity index (χ1) is 10.7. The van der Waals surface area contributed by atoms with E-state index in [0.29, 0.717) is 5.82 Å². The van der Waals surface area contributed by atoms with Gasteiger partial charge in [0.05, 0.1) is 5.69 Å². The van der Waals surface area contributed by atoms with Crippen LogP contribution in [0, 0.1) is 3.57 Å². The first kappa shape index (κ1) is 14.7. The zero-order chi connectivity index (χ0) is 15.4. The number of para-hydroxylation sites is 1. The highest BCUT2D eigenvalue weighted by molar-refractivity contribution is 14.1. The molecule has 0 radical (unpaired) electrons. The van der Waals surface area contributed by atoms with Crippen molar-refractivity contribution in [2.75, 3.05) is 11.9 Å². The Bertz CT molecular complexity index is 765. The fraction of sp³-hybridized carbons (Fsp3) is 0.0625. The lowest BCUT2D eigenvalue weighted by atomic mass is 10.3. The second-order valence-corrected chi connectivity index (χ2v) is 5.93. The van der Waals surface area contributed by atoms with Crippen molar-refractivity contribution in [1.29, 1.82) is 0 Å². The van der Waals surface area contributed by atoms with E-state index in [4.69, 9.17) is 0 Å². The molecule has 0 amide bonds. The number of nitrogens with zero attached hydrogens (tertiary/aromatic N) is 5. The summed E-state index contributed by atoms with van der Waals surface area (Å²) in [4.78, 5) is 2.02. The van der Waals surface area contributed by atoms with Crippen LogP contribution in [-0.2, 0) is 0 Å². The van der Waals surface area contributed by atoms with Crippen LogP contribution in [0.1, 0.15) is 5.82 Å². The number of anilines is 1. The Morgan fingerprint density at radius 1 is 1.05 bits per heavy atom. The third-order valence-electron chi connectivity index (χ3n) is 3.18. The fourth-order valence-corrected chi connectivity index (χ4v) is 2.35. The van der Waals surface area contributed by atoms with Crippen molar-refractivity contribution in [3.05, 3.63) is 70.2 Å². The number of hydrogen-bond acceptors (Lipinski definition) is 4. The molecule has 0 N–H and O–H groups in total. The molecular formula is C16H14IN5. The van der Waals surface area contributed by atoms with Gasteiger partial charge < -0.3 is 4.90 Å². The molecule has 0 fully saturated rings. The van der Waals surface area contributed by atoms with Gasteiger partial charge in [0.2, 0.25) is 0 Å². The fourth-order valence-electron chi connectivity index (χ4n) is 1.99. The van der Waals surface area contributed by atoms with E-state index in [1.54, 1.807) is 4.68 Å². The van der Waals surface area contributed by atoms with Crippen molar-refractivity contribution in [2.24, 2.45) is 0 Å². The molecule has 6 heteroatoms. The van der Waals surface area contributed by atoms with Crippen LogP contribution >= 0.6 is 22.6 Å². The van der Waals surface area contributed by atoms with Crippen LogP contribution in [-0.4, -0.2) is 27.3 Å². The van der Waals surface area contributed by atoms with Crippen molar-refractivity contribution < 1.29 is 0 Å². The summed E-state index contributed by atoms with van der Waals surface area (Å²) in [6.45, 7) is 0. The van der Waals surface area contributed by atoms with Gasteiger partial charge in [0.1, 0.15) is 0 Å². The molecule has 1 heterocycles. The number of tetrazole rings is 1. The first-order valence-electron chi connectivity index (χ1n) is 6.74. The van der Waals surface area contributed by atoms with Crippen LogP contribution in [0.25, 0.3) is 11.8 Å². The van der Waals surface area contributed by atoms with Gasteiger partial charge in [-0.3, -0.25) is 0 Å². The number of hydrogen-bond donors (Lipinski definition) is 0. The van der Waals surface area contributed by atoms with Crippen molar-refractivity contribution in [3.63, 3.8) is 0 Å². The molecule has 0 bridgehead atoms. The Balaban J connectivity index is 1.83. The molecular weight excluding hydrogens is 389 g/mol. The van der Waals surface area contributed by atoms with Crippen LogP contribution < -0.4 is 4.90 Å². The lowest BCUT2D eigenvalue weighted by Crippen LogP contribution is -2.08. The molecule has 3 aromatic rings. The quantitative estimate of drug-likeness (QED) is 0.627. The van der Waals surface area contributed by atoms with Crippen LogP contribution in [0.5, 0.6) is 0 Å². The van der Waals surface area contributed by atoms with Gasteiger partial charge >= 0.3 is 0 Å². The monoisotopic (exact) mass is 403 g/mol. The second-order valence-electron chi connectivity index (χ2n) is 4.69. The topological polar surface area (TPSA) is 46.8 Å². The SMILES string of the molecule is CN(/C=C/c1nnnn1-c1ccc(I)cc1)c1ccccc1. The maximum Gasteiger partial charge on any atom is 0.181 e. The van der Waals surface area contributed by atoms with Crippen molar-refractivity contribution in [3.8, 4) is 5.69 Å². The van der Waals surface area contributed by atoms with Crippen LogP contribution in [0.15, 0.2) is 60.8 Å². The highest BCUT2D eigenvalue weighted by Crippen LogP contribution is 2.14. The zero-order valence-electron chi connectivity index (χ0n) is 12.0. The second kappa shape index (κ2) is 6.69. The number of benzene rings is 2. The Kier molecular flexibility index (Phi) is 4.47. The Morgan fingerprint density at radius 3 is 2.50 bits per heavy atom. The predicted octanol–water partition coefficient (Wildman–Crippen LogP) is 3.37. The van der Waals surface area contributed by atoms with E-state index in [0.717, 1.165) is 11.4 Å². The Morgan fingerprint density at radius 2 is 1.77 bits per heavy atom. The molecule has 0 saturated carbocycles. The average Bonchev–Trinajstić information content (AvgIpc) is 3.02.